The predicted molar refractivity (Wildman–Crippen MR) is 132 cm³/mol. The lowest BCUT2D eigenvalue weighted by Gasteiger charge is -2.14. The van der Waals surface area contributed by atoms with E-state index in [4.69, 9.17) is 0 Å². The Morgan fingerprint density at radius 1 is 1.09 bits per heavy atom. The Hall–Kier alpha value is -3.46. The normalized spacial score (nSPS) is 10.8. The van der Waals surface area contributed by atoms with Crippen molar-refractivity contribution >= 4 is 35.0 Å². The number of nitrogens with zero attached hydrogens (tertiary/aromatic N) is 2. The molecule has 33 heavy (non-hydrogen) atoms. The van der Waals surface area contributed by atoms with E-state index in [9.17, 15) is 14.4 Å². The van der Waals surface area contributed by atoms with E-state index in [-0.39, 0.29) is 34.3 Å². The van der Waals surface area contributed by atoms with Crippen molar-refractivity contribution in [1.29, 1.82) is 0 Å². The molecule has 0 unspecified atom stereocenters. The number of para-hydroxylation sites is 1. The molecule has 1 heterocycles. The Morgan fingerprint density at radius 3 is 2.48 bits per heavy atom. The van der Waals surface area contributed by atoms with E-state index in [0.717, 1.165) is 34.1 Å². The van der Waals surface area contributed by atoms with Crippen LogP contribution in [0.25, 0.3) is 11.3 Å². The second-order valence-corrected chi connectivity index (χ2v) is 9.04. The molecular formula is C24H27N5O3S. The number of amides is 2. The molecule has 1 aromatic heterocycles. The molecule has 172 valence electrons. The highest BCUT2D eigenvalue weighted by atomic mass is 32.2. The van der Waals surface area contributed by atoms with E-state index in [1.165, 1.54) is 6.92 Å². The molecule has 3 rings (SSSR count). The topological polar surface area (TPSA) is 117 Å². The molecule has 0 aliphatic rings. The van der Waals surface area contributed by atoms with Gasteiger partial charge in [-0.1, -0.05) is 55.4 Å². The molecule has 3 N–H and O–H groups in total. The zero-order chi connectivity index (χ0) is 24.1. The highest BCUT2D eigenvalue weighted by molar-refractivity contribution is 7.99. The molecule has 3 aromatic rings. The number of hydrogen-bond donors (Lipinski definition) is 3. The van der Waals surface area contributed by atoms with Crippen molar-refractivity contribution in [2.75, 3.05) is 16.4 Å². The summed E-state index contributed by atoms with van der Waals surface area (Å²) < 4.78 is 0. The number of anilines is 2. The second kappa shape index (κ2) is 10.4. The number of aromatic amines is 1. The van der Waals surface area contributed by atoms with Crippen LogP contribution in [0, 0.1) is 13.8 Å². The van der Waals surface area contributed by atoms with Crippen LogP contribution < -0.4 is 16.2 Å². The lowest BCUT2D eigenvalue weighted by molar-refractivity contribution is -0.114. The largest absolute Gasteiger partial charge is 0.325 e. The van der Waals surface area contributed by atoms with E-state index in [0.29, 0.717) is 11.3 Å². The third-order valence-corrected chi connectivity index (χ3v) is 5.77. The highest BCUT2D eigenvalue weighted by Gasteiger charge is 2.17. The molecular weight excluding hydrogens is 438 g/mol. The third-order valence-electron chi connectivity index (χ3n) is 4.91. The van der Waals surface area contributed by atoms with Crippen molar-refractivity contribution in [2.45, 2.75) is 45.7 Å². The first-order valence-electron chi connectivity index (χ1n) is 10.5. The molecule has 0 saturated carbocycles. The van der Waals surface area contributed by atoms with Crippen LogP contribution in [0.2, 0.25) is 0 Å². The van der Waals surface area contributed by atoms with Gasteiger partial charge < -0.3 is 10.6 Å². The Morgan fingerprint density at radius 2 is 1.82 bits per heavy atom. The summed E-state index contributed by atoms with van der Waals surface area (Å²) in [6.45, 7) is 9.28. The van der Waals surface area contributed by atoms with Gasteiger partial charge >= 0.3 is 0 Å². The standard InChI is InChI=1S/C24H27N5O3S/c1-13(2)17-8-6-7-9-19(17)26-20(31)12-33-24-27-23(32)22(28-29-24)18-11-14(3)10-15(4)21(18)25-16(5)30/h6-11,13H,12H2,1-5H3,(H,25,30)(H,26,31)(H,27,29,32). The van der Waals surface area contributed by atoms with Gasteiger partial charge in [-0.15, -0.1) is 10.2 Å². The van der Waals surface area contributed by atoms with Crippen LogP contribution in [0.15, 0.2) is 46.3 Å². The van der Waals surface area contributed by atoms with Gasteiger partial charge in [-0.25, -0.2) is 0 Å². The van der Waals surface area contributed by atoms with Crippen LogP contribution in [0.5, 0.6) is 0 Å². The summed E-state index contributed by atoms with van der Waals surface area (Å²) in [4.78, 5) is 39.5. The van der Waals surface area contributed by atoms with E-state index in [2.05, 4.69) is 39.7 Å². The van der Waals surface area contributed by atoms with Crippen molar-refractivity contribution in [3.8, 4) is 11.3 Å². The van der Waals surface area contributed by atoms with Gasteiger partial charge in [-0.3, -0.25) is 19.4 Å². The van der Waals surface area contributed by atoms with E-state index in [1.807, 2.05) is 44.2 Å². The summed E-state index contributed by atoms with van der Waals surface area (Å²) in [5.74, 6) is -0.111. The van der Waals surface area contributed by atoms with Crippen molar-refractivity contribution in [1.82, 2.24) is 15.2 Å². The molecule has 0 aliphatic carbocycles. The van der Waals surface area contributed by atoms with E-state index >= 15 is 0 Å². The summed E-state index contributed by atoms with van der Waals surface area (Å²) >= 11 is 1.09. The van der Waals surface area contributed by atoms with Gasteiger partial charge in [0.15, 0.2) is 10.9 Å². The first-order chi connectivity index (χ1) is 15.7. The number of thioether (sulfide) groups is 1. The smallest absolute Gasteiger partial charge is 0.278 e. The molecule has 0 radical (unpaired) electrons. The molecule has 0 aliphatic heterocycles. The van der Waals surface area contributed by atoms with Crippen molar-refractivity contribution in [3.05, 3.63) is 63.4 Å². The Labute approximate surface area is 196 Å². The van der Waals surface area contributed by atoms with Crippen molar-refractivity contribution < 1.29 is 9.59 Å². The minimum Gasteiger partial charge on any atom is -0.325 e. The van der Waals surface area contributed by atoms with Crippen LogP contribution in [-0.2, 0) is 9.59 Å². The number of carbonyl (C=O) groups is 2. The Balaban J connectivity index is 1.77. The summed E-state index contributed by atoms with van der Waals surface area (Å²) in [5, 5.41) is 14.1. The number of carbonyl (C=O) groups excluding carboxylic acids is 2. The van der Waals surface area contributed by atoms with Crippen LogP contribution in [0.1, 0.15) is 43.4 Å². The molecule has 2 amide bonds. The number of rotatable bonds is 7. The summed E-state index contributed by atoms with van der Waals surface area (Å²) in [6.07, 6.45) is 0. The Kier molecular flexibility index (Phi) is 7.65. The number of H-pyrrole nitrogens is 1. The number of aromatic nitrogens is 3. The number of benzene rings is 2. The molecule has 0 bridgehead atoms. The van der Waals surface area contributed by atoms with Crippen molar-refractivity contribution in [3.63, 3.8) is 0 Å². The maximum atomic E-state index is 12.8. The number of aryl methyl sites for hydroxylation is 2. The predicted octanol–water partition coefficient (Wildman–Crippen LogP) is 4.26. The lowest BCUT2D eigenvalue weighted by Crippen LogP contribution is -2.19. The third kappa shape index (κ3) is 6.07. The van der Waals surface area contributed by atoms with Gasteiger partial charge in [0, 0.05) is 18.2 Å². The highest BCUT2D eigenvalue weighted by Crippen LogP contribution is 2.29. The molecule has 8 nitrogen and oxygen atoms in total. The minimum atomic E-state index is -0.449. The quantitative estimate of drug-likeness (QED) is 0.449. The average molecular weight is 466 g/mol. The molecule has 0 fully saturated rings. The molecule has 2 aromatic carbocycles. The van der Waals surface area contributed by atoms with Gasteiger partial charge in [0.2, 0.25) is 11.8 Å². The molecule has 0 spiro atoms. The van der Waals surface area contributed by atoms with Crippen LogP contribution in [0.4, 0.5) is 11.4 Å². The van der Waals surface area contributed by atoms with E-state index in [1.54, 1.807) is 6.07 Å². The zero-order valence-electron chi connectivity index (χ0n) is 19.3. The SMILES string of the molecule is CC(=O)Nc1c(C)cc(C)cc1-c1nnc(SCC(=O)Nc2ccccc2C(C)C)[nH]c1=O. The number of nitrogens with one attached hydrogen (secondary N) is 3. The minimum absolute atomic E-state index is 0.0666. The van der Waals surface area contributed by atoms with Crippen LogP contribution in [0.3, 0.4) is 0 Å². The van der Waals surface area contributed by atoms with Crippen molar-refractivity contribution in [2.24, 2.45) is 0 Å². The fourth-order valence-electron chi connectivity index (χ4n) is 3.49. The first-order valence-corrected chi connectivity index (χ1v) is 11.5. The summed E-state index contributed by atoms with van der Waals surface area (Å²) in [6, 6.07) is 11.4. The van der Waals surface area contributed by atoms with Gasteiger partial charge in [0.1, 0.15) is 0 Å². The van der Waals surface area contributed by atoms with Gasteiger partial charge in [-0.2, -0.15) is 0 Å². The monoisotopic (exact) mass is 465 g/mol. The Bertz CT molecular complexity index is 1250. The van der Waals surface area contributed by atoms with E-state index < -0.39 is 5.56 Å². The average Bonchev–Trinajstić information content (AvgIpc) is 2.74. The van der Waals surface area contributed by atoms with Gasteiger partial charge in [-0.05, 0) is 43.0 Å². The summed E-state index contributed by atoms with van der Waals surface area (Å²) in [7, 11) is 0. The van der Waals surface area contributed by atoms with Crippen LogP contribution >= 0.6 is 11.8 Å². The maximum Gasteiger partial charge on any atom is 0.278 e. The van der Waals surface area contributed by atoms with Gasteiger partial charge in [0.05, 0.1) is 11.4 Å². The molecule has 9 heteroatoms. The fraction of sp³-hybridized carbons (Fsp3) is 0.292. The first kappa shape index (κ1) is 24.2. The second-order valence-electron chi connectivity index (χ2n) is 8.07. The molecule has 0 saturated heterocycles. The number of hydrogen-bond acceptors (Lipinski definition) is 6. The zero-order valence-corrected chi connectivity index (χ0v) is 20.1. The fourth-order valence-corrected chi connectivity index (χ4v) is 4.10. The lowest BCUT2D eigenvalue weighted by atomic mass is 10.0. The summed E-state index contributed by atoms with van der Waals surface area (Å²) in [5.41, 5.74) is 4.24. The van der Waals surface area contributed by atoms with Gasteiger partial charge in [0.25, 0.3) is 5.56 Å². The maximum absolute atomic E-state index is 12.8. The molecule has 0 atom stereocenters. The van der Waals surface area contributed by atoms with Crippen LogP contribution in [-0.4, -0.2) is 32.7 Å².